The molecule has 0 spiro atoms. The minimum Gasteiger partial charge on any atom is -0.372 e. The van der Waals surface area contributed by atoms with Gasteiger partial charge in [-0.2, -0.15) is 0 Å². The number of carbonyl (C=O) groups is 1. The second kappa shape index (κ2) is 7.94. The summed E-state index contributed by atoms with van der Waals surface area (Å²) in [5.74, 6) is -0.0136. The van der Waals surface area contributed by atoms with Crippen molar-refractivity contribution in [1.82, 2.24) is 5.32 Å². The lowest BCUT2D eigenvalue weighted by atomic mass is 9.96. The standard InChI is InChI=1S/C23H30N2O/c1-16-14-18(3)22(15-17(16)2)19(4)24-23(26)20-8-10-21(11-9-20)25-12-6-5-7-13-25/h8-11,14-15,19H,5-7,12-13H2,1-4H3,(H,24,26). The Labute approximate surface area is 157 Å². The molecule has 1 aliphatic rings. The first-order valence-electron chi connectivity index (χ1n) is 9.69. The molecular formula is C23H30N2O. The van der Waals surface area contributed by atoms with Crippen LogP contribution in [0.25, 0.3) is 0 Å². The molecule has 3 nitrogen and oxygen atoms in total. The van der Waals surface area contributed by atoms with Crippen LogP contribution < -0.4 is 10.2 Å². The monoisotopic (exact) mass is 350 g/mol. The molecule has 1 heterocycles. The number of benzene rings is 2. The van der Waals surface area contributed by atoms with E-state index in [2.05, 4.69) is 62.2 Å². The second-order valence-electron chi connectivity index (χ2n) is 7.58. The molecule has 1 saturated heterocycles. The van der Waals surface area contributed by atoms with Gasteiger partial charge in [-0.3, -0.25) is 4.79 Å². The smallest absolute Gasteiger partial charge is 0.251 e. The molecule has 1 atom stereocenters. The number of nitrogens with zero attached hydrogens (tertiary/aromatic N) is 1. The van der Waals surface area contributed by atoms with Crippen molar-refractivity contribution in [2.45, 2.75) is 53.0 Å². The van der Waals surface area contributed by atoms with Gasteiger partial charge in [-0.25, -0.2) is 0 Å². The van der Waals surface area contributed by atoms with Crippen molar-refractivity contribution in [1.29, 1.82) is 0 Å². The molecule has 0 bridgehead atoms. The summed E-state index contributed by atoms with van der Waals surface area (Å²) in [6.07, 6.45) is 3.84. The Bertz CT molecular complexity index is 774. The van der Waals surface area contributed by atoms with E-state index >= 15 is 0 Å². The third-order valence-electron chi connectivity index (χ3n) is 5.55. The van der Waals surface area contributed by atoms with Crippen molar-refractivity contribution in [2.24, 2.45) is 0 Å². The predicted molar refractivity (Wildman–Crippen MR) is 109 cm³/mol. The Morgan fingerprint density at radius 3 is 2.19 bits per heavy atom. The van der Waals surface area contributed by atoms with Crippen LogP contribution in [0.5, 0.6) is 0 Å². The van der Waals surface area contributed by atoms with Gasteiger partial charge in [-0.05, 0) is 93.5 Å². The van der Waals surface area contributed by atoms with Crippen molar-refractivity contribution in [3.05, 3.63) is 64.2 Å². The van der Waals surface area contributed by atoms with Crippen molar-refractivity contribution in [3.63, 3.8) is 0 Å². The SMILES string of the molecule is Cc1cc(C)c(C(C)NC(=O)c2ccc(N3CCCCC3)cc2)cc1C. The van der Waals surface area contributed by atoms with Gasteiger partial charge in [0, 0.05) is 24.3 Å². The molecule has 1 amide bonds. The van der Waals surface area contributed by atoms with E-state index in [4.69, 9.17) is 0 Å². The largest absolute Gasteiger partial charge is 0.372 e. The molecule has 0 aromatic heterocycles. The maximum absolute atomic E-state index is 12.7. The molecule has 2 aromatic rings. The number of hydrogen-bond acceptors (Lipinski definition) is 2. The number of amides is 1. The van der Waals surface area contributed by atoms with Crippen LogP contribution in [0.3, 0.4) is 0 Å². The molecule has 0 radical (unpaired) electrons. The number of carbonyl (C=O) groups excluding carboxylic acids is 1. The molecule has 1 aliphatic heterocycles. The zero-order valence-corrected chi connectivity index (χ0v) is 16.4. The van der Waals surface area contributed by atoms with Crippen molar-refractivity contribution in [3.8, 4) is 0 Å². The van der Waals surface area contributed by atoms with Crippen LogP contribution in [0.1, 0.15) is 64.8 Å². The molecule has 2 aromatic carbocycles. The molecule has 3 heteroatoms. The molecular weight excluding hydrogens is 320 g/mol. The Morgan fingerprint density at radius 1 is 0.923 bits per heavy atom. The molecule has 3 rings (SSSR count). The quantitative estimate of drug-likeness (QED) is 0.832. The lowest BCUT2D eigenvalue weighted by Crippen LogP contribution is -2.29. The van der Waals surface area contributed by atoms with Gasteiger partial charge in [0.25, 0.3) is 5.91 Å². The van der Waals surface area contributed by atoms with Crippen LogP contribution in [0.4, 0.5) is 5.69 Å². The summed E-state index contributed by atoms with van der Waals surface area (Å²) in [4.78, 5) is 15.1. The summed E-state index contributed by atoms with van der Waals surface area (Å²) >= 11 is 0. The fourth-order valence-electron chi connectivity index (χ4n) is 3.78. The van der Waals surface area contributed by atoms with E-state index in [1.807, 2.05) is 12.1 Å². The van der Waals surface area contributed by atoms with Crippen LogP contribution in [-0.4, -0.2) is 19.0 Å². The summed E-state index contributed by atoms with van der Waals surface area (Å²) in [6.45, 7) is 10.6. The van der Waals surface area contributed by atoms with E-state index in [1.54, 1.807) is 0 Å². The van der Waals surface area contributed by atoms with Crippen molar-refractivity contribution >= 4 is 11.6 Å². The highest BCUT2D eigenvalue weighted by molar-refractivity contribution is 5.94. The van der Waals surface area contributed by atoms with Gasteiger partial charge in [-0.15, -0.1) is 0 Å². The number of nitrogens with one attached hydrogen (secondary N) is 1. The number of piperidine rings is 1. The number of anilines is 1. The molecule has 0 aliphatic carbocycles. The fraction of sp³-hybridized carbons (Fsp3) is 0.435. The minimum absolute atomic E-state index is 0.0106. The molecule has 0 saturated carbocycles. The summed E-state index contributed by atoms with van der Waals surface area (Å²) in [7, 11) is 0. The van der Waals surface area contributed by atoms with Gasteiger partial charge in [0.15, 0.2) is 0 Å². The minimum atomic E-state index is -0.0136. The Hall–Kier alpha value is -2.29. The molecule has 26 heavy (non-hydrogen) atoms. The molecule has 138 valence electrons. The zero-order valence-electron chi connectivity index (χ0n) is 16.4. The summed E-state index contributed by atoms with van der Waals surface area (Å²) in [5, 5.41) is 3.15. The van der Waals surface area contributed by atoms with Gasteiger partial charge >= 0.3 is 0 Å². The first-order valence-corrected chi connectivity index (χ1v) is 9.69. The van der Waals surface area contributed by atoms with E-state index in [0.29, 0.717) is 0 Å². The van der Waals surface area contributed by atoms with E-state index in [1.165, 1.54) is 47.2 Å². The van der Waals surface area contributed by atoms with Crippen LogP contribution in [0.2, 0.25) is 0 Å². The summed E-state index contributed by atoms with van der Waals surface area (Å²) in [5.41, 5.74) is 6.90. The molecule has 1 N–H and O–H groups in total. The highest BCUT2D eigenvalue weighted by atomic mass is 16.1. The van der Waals surface area contributed by atoms with Crippen molar-refractivity contribution < 1.29 is 4.79 Å². The third-order valence-corrected chi connectivity index (χ3v) is 5.55. The van der Waals surface area contributed by atoms with Gasteiger partial charge in [0.1, 0.15) is 0 Å². The zero-order chi connectivity index (χ0) is 18.7. The van der Waals surface area contributed by atoms with Gasteiger partial charge in [-0.1, -0.05) is 12.1 Å². The molecule has 1 unspecified atom stereocenters. The van der Waals surface area contributed by atoms with Crippen LogP contribution in [0.15, 0.2) is 36.4 Å². The number of rotatable bonds is 4. The first-order chi connectivity index (χ1) is 12.5. The Kier molecular flexibility index (Phi) is 5.65. The maximum Gasteiger partial charge on any atom is 0.251 e. The summed E-state index contributed by atoms with van der Waals surface area (Å²) < 4.78 is 0. The van der Waals surface area contributed by atoms with E-state index in [0.717, 1.165) is 18.7 Å². The lowest BCUT2D eigenvalue weighted by molar-refractivity contribution is 0.0940. The average molecular weight is 351 g/mol. The van der Waals surface area contributed by atoms with E-state index in [9.17, 15) is 4.79 Å². The van der Waals surface area contributed by atoms with Gasteiger partial charge in [0.2, 0.25) is 0 Å². The van der Waals surface area contributed by atoms with Crippen LogP contribution in [0, 0.1) is 20.8 Å². The average Bonchev–Trinajstić information content (AvgIpc) is 2.65. The van der Waals surface area contributed by atoms with E-state index < -0.39 is 0 Å². The normalized spacial score (nSPS) is 15.6. The Morgan fingerprint density at radius 2 is 1.54 bits per heavy atom. The van der Waals surface area contributed by atoms with Gasteiger partial charge in [0.05, 0.1) is 6.04 Å². The van der Waals surface area contributed by atoms with Crippen LogP contribution >= 0.6 is 0 Å². The lowest BCUT2D eigenvalue weighted by Gasteiger charge is -2.28. The van der Waals surface area contributed by atoms with Crippen molar-refractivity contribution in [2.75, 3.05) is 18.0 Å². The number of hydrogen-bond donors (Lipinski definition) is 1. The topological polar surface area (TPSA) is 32.3 Å². The number of aryl methyl sites for hydroxylation is 3. The Balaban J connectivity index is 1.68. The highest BCUT2D eigenvalue weighted by Crippen LogP contribution is 2.23. The highest BCUT2D eigenvalue weighted by Gasteiger charge is 2.15. The summed E-state index contributed by atoms with van der Waals surface area (Å²) in [6, 6.07) is 12.4. The first kappa shape index (κ1) is 18.5. The maximum atomic E-state index is 12.7. The second-order valence-corrected chi connectivity index (χ2v) is 7.58. The predicted octanol–water partition coefficient (Wildman–Crippen LogP) is 5.09. The van der Waals surface area contributed by atoms with Crippen LogP contribution in [-0.2, 0) is 0 Å². The fourth-order valence-corrected chi connectivity index (χ4v) is 3.78. The third kappa shape index (κ3) is 4.09. The van der Waals surface area contributed by atoms with Gasteiger partial charge < -0.3 is 10.2 Å². The van der Waals surface area contributed by atoms with E-state index in [-0.39, 0.29) is 11.9 Å². The molecule has 1 fully saturated rings.